The van der Waals surface area contributed by atoms with Crippen molar-refractivity contribution in [1.82, 2.24) is 14.8 Å². The second kappa shape index (κ2) is 9.08. The molecule has 1 aliphatic heterocycles. The summed E-state index contributed by atoms with van der Waals surface area (Å²) in [6.45, 7) is 0.710. The summed E-state index contributed by atoms with van der Waals surface area (Å²) in [6.07, 6.45) is 5.74. The van der Waals surface area contributed by atoms with Gasteiger partial charge >= 0.3 is 15.2 Å². The quantitative estimate of drug-likeness (QED) is 0.267. The molecule has 10 nitrogen and oxygen atoms in total. The van der Waals surface area contributed by atoms with Crippen LogP contribution in [0.1, 0.15) is 31.1 Å². The van der Waals surface area contributed by atoms with Crippen LogP contribution in [0.2, 0.25) is 0 Å². The Balaban J connectivity index is 1.67. The molecule has 0 radical (unpaired) electrons. The molecule has 0 spiro atoms. The fourth-order valence-corrected chi connectivity index (χ4v) is 6.62. The molecule has 1 aromatic carbocycles. The fourth-order valence-electron chi connectivity index (χ4n) is 3.80. The van der Waals surface area contributed by atoms with Crippen LogP contribution in [0.5, 0.6) is 0 Å². The van der Waals surface area contributed by atoms with Crippen molar-refractivity contribution < 1.29 is 33.4 Å². The normalized spacial score (nSPS) is 17.9. The Morgan fingerprint density at radius 1 is 1.09 bits per heavy atom. The van der Waals surface area contributed by atoms with Crippen LogP contribution in [0.15, 0.2) is 41.3 Å². The van der Waals surface area contributed by atoms with Crippen LogP contribution in [0.25, 0.3) is 22.0 Å². The van der Waals surface area contributed by atoms with Crippen LogP contribution in [0.4, 0.5) is 0 Å². The highest BCUT2D eigenvalue weighted by Gasteiger charge is 2.43. The molecule has 1 fully saturated rings. The summed E-state index contributed by atoms with van der Waals surface area (Å²) in [5, 5.41) is 3.23. The smallest absolute Gasteiger partial charge is 0.341 e. The maximum atomic E-state index is 11.7. The molecule has 1 aliphatic rings. The summed E-state index contributed by atoms with van der Waals surface area (Å²) in [6, 6.07) is 7.33. The lowest BCUT2D eigenvalue weighted by molar-refractivity contribution is -0.0366. The Morgan fingerprint density at radius 2 is 1.84 bits per heavy atom. The van der Waals surface area contributed by atoms with Crippen LogP contribution in [0, 0.1) is 0 Å². The minimum absolute atomic E-state index is 0.0923. The Hall–Kier alpha value is -1.42. The van der Waals surface area contributed by atoms with Gasteiger partial charge in [0.05, 0.1) is 11.7 Å². The Labute approximate surface area is 192 Å². The first-order chi connectivity index (χ1) is 15.0. The lowest BCUT2D eigenvalue weighted by atomic mass is 10.0. The molecular weight excluding hydrogens is 524 g/mol. The highest BCUT2D eigenvalue weighted by Crippen LogP contribution is 2.61. The second-order valence-corrected chi connectivity index (χ2v) is 12.5. The third-order valence-corrected chi connectivity index (χ3v) is 9.89. The van der Waals surface area contributed by atoms with Crippen LogP contribution in [-0.2, 0) is 20.3 Å². The molecule has 0 bridgehead atoms. The molecule has 3 heterocycles. The summed E-state index contributed by atoms with van der Waals surface area (Å²) in [7, 11) is -10.1. The third kappa shape index (κ3) is 5.05. The Bertz CT molecular complexity index is 1210. The average Bonchev–Trinajstić information content (AvgIpc) is 3.15. The fraction of sp³-hybridized carbons (Fsp3) is 0.368. The molecule has 1 atom stereocenters. The molecule has 1 saturated heterocycles. The van der Waals surface area contributed by atoms with Crippen LogP contribution in [-0.4, -0.2) is 46.3 Å². The Kier molecular flexibility index (Phi) is 6.73. The predicted molar refractivity (Wildman–Crippen MR) is 121 cm³/mol. The number of nitrogens with zero attached hydrogens (tertiary/aromatic N) is 3. The highest BCUT2D eigenvalue weighted by molar-refractivity contribution is 9.10. The van der Waals surface area contributed by atoms with Crippen molar-refractivity contribution in [3.63, 3.8) is 0 Å². The first kappa shape index (κ1) is 23.7. The zero-order chi connectivity index (χ0) is 23.1. The molecule has 4 rings (SSSR count). The molecule has 13 heteroatoms. The molecule has 1 unspecified atom stereocenters. The van der Waals surface area contributed by atoms with E-state index in [1.54, 1.807) is 18.5 Å². The van der Waals surface area contributed by atoms with E-state index in [0.717, 1.165) is 35.7 Å². The van der Waals surface area contributed by atoms with Crippen molar-refractivity contribution in [2.75, 3.05) is 6.61 Å². The van der Waals surface area contributed by atoms with Gasteiger partial charge in [-0.3, -0.25) is 9.13 Å². The van der Waals surface area contributed by atoms with Gasteiger partial charge in [-0.05, 0) is 64.5 Å². The van der Waals surface area contributed by atoms with E-state index < -0.39 is 27.0 Å². The van der Waals surface area contributed by atoms with Crippen molar-refractivity contribution in [1.29, 1.82) is 0 Å². The number of fused-ring (bicyclic) bond motifs is 1. The zero-order valence-corrected chi connectivity index (χ0v) is 20.2. The number of benzene rings is 1. The van der Waals surface area contributed by atoms with Gasteiger partial charge in [-0.25, -0.2) is 9.67 Å². The van der Waals surface area contributed by atoms with Crippen molar-refractivity contribution in [3.8, 4) is 11.1 Å². The predicted octanol–water partition coefficient (Wildman–Crippen LogP) is 3.78. The van der Waals surface area contributed by atoms with Gasteiger partial charge in [-0.2, -0.15) is 5.10 Å². The standard InChI is InChI=1S/C19H22BrN3O7P2/c20-19-13(9-18(31(24,25)26)32(27,28)29)8-14(10-21-19)12-4-5-16-15(7-12)11-22-23(16)17-3-1-2-6-30-17/h4-5,7-8,10-11,17-18H,1-3,6,9H2,(H2,24,25,26)(H2,27,28,29). The van der Waals surface area contributed by atoms with Gasteiger partial charge in [0.25, 0.3) is 0 Å². The van der Waals surface area contributed by atoms with Gasteiger partial charge in [0.2, 0.25) is 0 Å². The minimum atomic E-state index is -5.05. The maximum Gasteiger partial charge on any atom is 0.341 e. The van der Waals surface area contributed by atoms with E-state index in [9.17, 15) is 28.7 Å². The van der Waals surface area contributed by atoms with Crippen molar-refractivity contribution in [3.05, 3.63) is 46.8 Å². The number of hydrogen-bond donors (Lipinski definition) is 4. The molecule has 0 saturated carbocycles. The molecule has 172 valence electrons. The van der Waals surface area contributed by atoms with Crippen molar-refractivity contribution >= 4 is 42.0 Å². The minimum Gasteiger partial charge on any atom is -0.356 e. The van der Waals surface area contributed by atoms with Gasteiger partial charge in [0.1, 0.15) is 4.60 Å². The Morgan fingerprint density at radius 3 is 2.50 bits per heavy atom. The number of halogens is 1. The van der Waals surface area contributed by atoms with Gasteiger partial charge < -0.3 is 24.3 Å². The van der Waals surface area contributed by atoms with Crippen LogP contribution in [0.3, 0.4) is 0 Å². The van der Waals surface area contributed by atoms with Crippen molar-refractivity contribution in [2.24, 2.45) is 0 Å². The van der Waals surface area contributed by atoms with E-state index in [2.05, 4.69) is 26.0 Å². The first-order valence-corrected chi connectivity index (χ1v) is 14.0. The largest absolute Gasteiger partial charge is 0.356 e. The number of ether oxygens (including phenoxy) is 1. The van der Waals surface area contributed by atoms with Crippen molar-refractivity contribution in [2.45, 2.75) is 37.3 Å². The zero-order valence-electron chi connectivity index (χ0n) is 16.8. The third-order valence-electron chi connectivity index (χ3n) is 5.45. The van der Waals surface area contributed by atoms with Crippen LogP contribution >= 0.6 is 31.1 Å². The van der Waals surface area contributed by atoms with Gasteiger partial charge in [-0.1, -0.05) is 6.07 Å². The van der Waals surface area contributed by atoms with Gasteiger partial charge in [0.15, 0.2) is 11.6 Å². The molecule has 0 aliphatic carbocycles. The van der Waals surface area contributed by atoms with E-state index in [-0.39, 0.29) is 16.4 Å². The average molecular weight is 546 g/mol. The molecule has 4 N–H and O–H groups in total. The van der Waals surface area contributed by atoms with Gasteiger partial charge in [-0.15, -0.1) is 0 Å². The first-order valence-electron chi connectivity index (χ1n) is 9.88. The maximum absolute atomic E-state index is 11.7. The van der Waals surface area contributed by atoms with E-state index in [1.807, 2.05) is 22.9 Å². The number of aromatic nitrogens is 3. The summed E-state index contributed by atoms with van der Waals surface area (Å²) >= 11 is 3.21. The number of hydrogen-bond acceptors (Lipinski definition) is 5. The second-order valence-electron chi connectivity index (χ2n) is 7.72. The molecule has 2 aromatic heterocycles. The molecule has 32 heavy (non-hydrogen) atoms. The van der Waals surface area contributed by atoms with Crippen LogP contribution < -0.4 is 0 Å². The van der Waals surface area contributed by atoms with E-state index in [0.29, 0.717) is 12.2 Å². The van der Waals surface area contributed by atoms with E-state index in [4.69, 9.17) is 4.74 Å². The lowest BCUT2D eigenvalue weighted by Gasteiger charge is -2.23. The highest BCUT2D eigenvalue weighted by atomic mass is 79.9. The number of pyridine rings is 1. The topological polar surface area (TPSA) is 155 Å². The summed E-state index contributed by atoms with van der Waals surface area (Å²) in [5.41, 5.74) is 2.63. The molecule has 0 amide bonds. The summed E-state index contributed by atoms with van der Waals surface area (Å²) < 4.78 is 31.3. The van der Waals surface area contributed by atoms with E-state index >= 15 is 0 Å². The lowest BCUT2D eigenvalue weighted by Crippen LogP contribution is -2.18. The molecular formula is C19H22BrN3O7P2. The van der Waals surface area contributed by atoms with E-state index in [1.165, 1.54) is 0 Å². The molecule has 3 aromatic rings. The summed E-state index contributed by atoms with van der Waals surface area (Å²) in [4.78, 5) is 42.0. The number of rotatable bonds is 6. The SMILES string of the molecule is O=P(O)(O)C(Cc1cc(-c2ccc3c(cnn3C3CCCCO3)c2)cnc1Br)P(=O)(O)O. The summed E-state index contributed by atoms with van der Waals surface area (Å²) in [5.74, 6) is 0. The van der Waals surface area contributed by atoms with Gasteiger partial charge in [0, 0.05) is 30.2 Å². The monoisotopic (exact) mass is 545 g/mol.